The lowest BCUT2D eigenvalue weighted by Crippen LogP contribution is -2.40. The first-order valence-electron chi connectivity index (χ1n) is 11.3. The molecule has 3 aromatic rings. The molecule has 8 nitrogen and oxygen atoms in total. The van der Waals surface area contributed by atoms with Crippen LogP contribution in [0.15, 0.2) is 73.1 Å². The van der Waals surface area contributed by atoms with E-state index in [-0.39, 0.29) is 12.2 Å². The van der Waals surface area contributed by atoms with E-state index < -0.39 is 12.0 Å². The summed E-state index contributed by atoms with van der Waals surface area (Å²) in [6.45, 7) is 9.94. The molecule has 0 fully saturated rings. The van der Waals surface area contributed by atoms with Crippen molar-refractivity contribution in [2.45, 2.75) is 26.8 Å². The summed E-state index contributed by atoms with van der Waals surface area (Å²) in [5.41, 5.74) is 1.14. The lowest BCUT2D eigenvalue weighted by Gasteiger charge is -2.25. The lowest BCUT2D eigenvalue weighted by molar-refractivity contribution is -0.139. The number of furan rings is 1. The van der Waals surface area contributed by atoms with Gasteiger partial charge in [0, 0.05) is 6.08 Å². The summed E-state index contributed by atoms with van der Waals surface area (Å²) in [6.07, 6.45) is 3.30. The van der Waals surface area contributed by atoms with E-state index in [0.29, 0.717) is 61.3 Å². The van der Waals surface area contributed by atoms with Crippen molar-refractivity contribution in [3.63, 3.8) is 0 Å². The van der Waals surface area contributed by atoms with E-state index in [1.165, 1.54) is 15.9 Å². The highest BCUT2D eigenvalue weighted by molar-refractivity contribution is 9.10. The number of thiazole rings is 1. The molecule has 0 N–H and O–H groups in total. The minimum Gasteiger partial charge on any atom is -0.490 e. The van der Waals surface area contributed by atoms with Gasteiger partial charge in [0.15, 0.2) is 21.0 Å². The average Bonchev–Trinajstić information content (AvgIpc) is 3.39. The number of aromatic nitrogens is 1. The minimum absolute atomic E-state index is 0.193. The summed E-state index contributed by atoms with van der Waals surface area (Å²) in [6, 6.07) is 8.10. The van der Waals surface area contributed by atoms with Gasteiger partial charge in [-0.2, -0.15) is 0 Å². The Bertz CT molecular complexity index is 1510. The molecule has 188 valence electrons. The molecule has 1 aliphatic rings. The van der Waals surface area contributed by atoms with Gasteiger partial charge in [-0.25, -0.2) is 9.79 Å². The Balaban J connectivity index is 1.93. The molecule has 2 aromatic heterocycles. The van der Waals surface area contributed by atoms with Crippen LogP contribution >= 0.6 is 27.3 Å². The van der Waals surface area contributed by atoms with Gasteiger partial charge in [0.05, 0.1) is 35.1 Å². The molecule has 1 atom stereocenters. The Morgan fingerprint density at radius 3 is 2.69 bits per heavy atom. The number of nitrogens with zero attached hydrogens (tertiary/aromatic N) is 2. The fourth-order valence-corrected chi connectivity index (χ4v) is 5.22. The molecule has 0 saturated carbocycles. The van der Waals surface area contributed by atoms with Crippen LogP contribution in [0.3, 0.4) is 0 Å². The van der Waals surface area contributed by atoms with Gasteiger partial charge in [-0.1, -0.05) is 30.1 Å². The first-order valence-corrected chi connectivity index (χ1v) is 12.9. The van der Waals surface area contributed by atoms with Crippen LogP contribution in [-0.4, -0.2) is 30.4 Å². The third-order valence-electron chi connectivity index (χ3n) is 5.32. The van der Waals surface area contributed by atoms with Crippen molar-refractivity contribution in [2.24, 2.45) is 4.99 Å². The normalized spacial score (nSPS) is 15.3. The number of benzene rings is 1. The fraction of sp³-hybridized carbons (Fsp3) is 0.269. The number of fused-ring (bicyclic) bond motifs is 1. The highest BCUT2D eigenvalue weighted by Gasteiger charge is 2.34. The van der Waals surface area contributed by atoms with Crippen LogP contribution in [-0.2, 0) is 9.53 Å². The van der Waals surface area contributed by atoms with Gasteiger partial charge in [-0.05, 0) is 66.5 Å². The van der Waals surface area contributed by atoms with Crippen LogP contribution in [0.25, 0.3) is 6.08 Å². The first kappa shape index (κ1) is 25.7. The summed E-state index contributed by atoms with van der Waals surface area (Å²) in [5, 5.41) is 0. The van der Waals surface area contributed by atoms with Gasteiger partial charge in [-0.3, -0.25) is 9.36 Å². The topological polar surface area (TPSA) is 92.3 Å². The number of rotatable bonds is 9. The molecule has 0 aliphatic carbocycles. The average molecular weight is 573 g/mol. The van der Waals surface area contributed by atoms with E-state index >= 15 is 0 Å². The molecule has 0 saturated heterocycles. The van der Waals surface area contributed by atoms with Gasteiger partial charge in [-0.15, -0.1) is 0 Å². The summed E-state index contributed by atoms with van der Waals surface area (Å²) >= 11 is 4.50. The number of esters is 1. The predicted molar refractivity (Wildman–Crippen MR) is 140 cm³/mol. The van der Waals surface area contributed by atoms with Gasteiger partial charge in [0.2, 0.25) is 0 Å². The molecule has 0 amide bonds. The van der Waals surface area contributed by atoms with Gasteiger partial charge >= 0.3 is 5.97 Å². The van der Waals surface area contributed by atoms with Crippen LogP contribution in [0.5, 0.6) is 11.5 Å². The Kier molecular flexibility index (Phi) is 7.95. The standard InChI is InChI=1S/C26H25BrN2O6S/c1-5-12-34-18-10-8-16(13-19(18)32-6-2)23-22(25(31)33-7-3)15(4)28-26-29(23)24(30)20(36-26)14-17-9-11-21(27)35-17/h5,8-11,13-14,23H,1,6-7,12H2,2-4H3/b20-14+/t23-/m0/s1. The molecule has 0 bridgehead atoms. The molecule has 1 aromatic carbocycles. The van der Waals surface area contributed by atoms with E-state index in [0.717, 1.165) is 0 Å². The Morgan fingerprint density at radius 2 is 2.03 bits per heavy atom. The molecule has 0 unspecified atom stereocenters. The molecular weight excluding hydrogens is 548 g/mol. The van der Waals surface area contributed by atoms with Crippen molar-refractivity contribution < 1.29 is 23.4 Å². The quantitative estimate of drug-likeness (QED) is 0.283. The highest BCUT2D eigenvalue weighted by Crippen LogP contribution is 2.36. The molecule has 3 heterocycles. The Morgan fingerprint density at radius 1 is 1.22 bits per heavy atom. The monoisotopic (exact) mass is 572 g/mol. The maximum atomic E-state index is 13.6. The molecular formula is C26H25BrN2O6S. The maximum Gasteiger partial charge on any atom is 0.338 e. The maximum absolute atomic E-state index is 13.6. The zero-order valence-electron chi connectivity index (χ0n) is 20.1. The molecule has 10 heteroatoms. The third kappa shape index (κ3) is 5.10. The van der Waals surface area contributed by atoms with E-state index in [2.05, 4.69) is 27.5 Å². The van der Waals surface area contributed by atoms with Crippen LogP contribution in [0.1, 0.15) is 38.1 Å². The number of carbonyl (C=O) groups excluding carboxylic acids is 1. The lowest BCUT2D eigenvalue weighted by atomic mass is 9.95. The molecule has 36 heavy (non-hydrogen) atoms. The second kappa shape index (κ2) is 11.1. The number of hydrogen-bond acceptors (Lipinski definition) is 8. The SMILES string of the molecule is C=CCOc1ccc([C@H]2C(C(=O)OCC)=C(C)N=c3s/c(=C/c4ccc(Br)o4)c(=O)n32)cc1OCC. The minimum atomic E-state index is -0.765. The third-order valence-corrected chi connectivity index (χ3v) is 6.73. The van der Waals surface area contributed by atoms with Crippen molar-refractivity contribution in [3.8, 4) is 11.5 Å². The summed E-state index contributed by atoms with van der Waals surface area (Å²) < 4.78 is 25.0. The predicted octanol–water partition coefficient (Wildman–Crippen LogP) is 4.12. The first-order chi connectivity index (χ1) is 17.4. The zero-order chi connectivity index (χ0) is 25.8. The van der Waals surface area contributed by atoms with Crippen LogP contribution in [0.2, 0.25) is 0 Å². The van der Waals surface area contributed by atoms with Crippen molar-refractivity contribution in [1.82, 2.24) is 4.57 Å². The summed E-state index contributed by atoms with van der Waals surface area (Å²) in [5.74, 6) is 1.03. The second-order valence-electron chi connectivity index (χ2n) is 7.68. The highest BCUT2D eigenvalue weighted by atomic mass is 79.9. The summed E-state index contributed by atoms with van der Waals surface area (Å²) in [7, 11) is 0. The number of hydrogen-bond donors (Lipinski definition) is 0. The number of carbonyl (C=O) groups is 1. The van der Waals surface area contributed by atoms with Crippen molar-refractivity contribution in [2.75, 3.05) is 19.8 Å². The van der Waals surface area contributed by atoms with Crippen LogP contribution in [0.4, 0.5) is 0 Å². The summed E-state index contributed by atoms with van der Waals surface area (Å²) in [4.78, 5) is 31.8. The van der Waals surface area contributed by atoms with Gasteiger partial charge in [0.1, 0.15) is 12.4 Å². The van der Waals surface area contributed by atoms with E-state index in [9.17, 15) is 9.59 Å². The van der Waals surface area contributed by atoms with E-state index in [1.54, 1.807) is 50.3 Å². The van der Waals surface area contributed by atoms with Crippen molar-refractivity contribution in [1.29, 1.82) is 0 Å². The largest absolute Gasteiger partial charge is 0.490 e. The van der Waals surface area contributed by atoms with Crippen molar-refractivity contribution in [3.05, 3.63) is 89.9 Å². The Hall–Kier alpha value is -3.37. The number of allylic oxidation sites excluding steroid dienone is 1. The fourth-order valence-electron chi connectivity index (χ4n) is 3.87. The zero-order valence-corrected chi connectivity index (χ0v) is 22.5. The smallest absolute Gasteiger partial charge is 0.338 e. The molecule has 1 aliphatic heterocycles. The second-order valence-corrected chi connectivity index (χ2v) is 9.47. The molecule has 0 spiro atoms. The van der Waals surface area contributed by atoms with Crippen LogP contribution in [0, 0.1) is 0 Å². The molecule has 4 rings (SSSR count). The van der Waals surface area contributed by atoms with E-state index in [4.69, 9.17) is 18.6 Å². The van der Waals surface area contributed by atoms with Gasteiger partial charge < -0.3 is 18.6 Å². The number of halogens is 1. The van der Waals surface area contributed by atoms with Gasteiger partial charge in [0.25, 0.3) is 5.56 Å². The van der Waals surface area contributed by atoms with Crippen LogP contribution < -0.4 is 24.4 Å². The number of ether oxygens (including phenoxy) is 3. The molecule has 0 radical (unpaired) electrons. The van der Waals surface area contributed by atoms with E-state index in [1.807, 2.05) is 13.0 Å². The Labute approximate surface area is 220 Å². The van der Waals surface area contributed by atoms with Crippen molar-refractivity contribution >= 4 is 39.3 Å².